The van der Waals surface area contributed by atoms with E-state index in [2.05, 4.69) is 15.0 Å². The van der Waals surface area contributed by atoms with Crippen molar-refractivity contribution in [3.05, 3.63) is 12.3 Å². The van der Waals surface area contributed by atoms with E-state index in [9.17, 15) is 4.79 Å². The minimum atomic E-state index is -0.517. The van der Waals surface area contributed by atoms with Crippen molar-refractivity contribution in [2.24, 2.45) is 11.7 Å². The van der Waals surface area contributed by atoms with Crippen LogP contribution in [0.5, 0.6) is 0 Å². The molecule has 1 rings (SSSR count). The molecule has 0 aromatic carbocycles. The van der Waals surface area contributed by atoms with Crippen LogP contribution in [0.3, 0.4) is 0 Å². The summed E-state index contributed by atoms with van der Waals surface area (Å²) in [6.45, 7) is 3.76. The second-order valence-corrected chi connectivity index (χ2v) is 3.14. The van der Waals surface area contributed by atoms with Gasteiger partial charge in [0, 0.05) is 6.07 Å². The van der Waals surface area contributed by atoms with Crippen LogP contribution in [0.4, 0.5) is 5.82 Å². The summed E-state index contributed by atoms with van der Waals surface area (Å²) < 4.78 is 4.55. The van der Waals surface area contributed by atoms with Crippen molar-refractivity contribution in [3.63, 3.8) is 0 Å². The molecule has 0 aliphatic carbocycles. The number of anilines is 1. The monoisotopic (exact) mass is 183 g/mol. The van der Waals surface area contributed by atoms with E-state index in [0.29, 0.717) is 5.82 Å². The van der Waals surface area contributed by atoms with Crippen LogP contribution in [0.25, 0.3) is 0 Å². The molecule has 1 aromatic rings. The Morgan fingerprint density at radius 1 is 1.69 bits per heavy atom. The van der Waals surface area contributed by atoms with Crippen LogP contribution >= 0.6 is 0 Å². The minimum Gasteiger partial charge on any atom is -0.363 e. The van der Waals surface area contributed by atoms with Crippen molar-refractivity contribution in [3.8, 4) is 0 Å². The predicted octanol–water partition coefficient (Wildman–Crippen LogP) is 0.596. The molecule has 0 bridgehead atoms. The molecule has 0 fully saturated rings. The van der Waals surface area contributed by atoms with Crippen molar-refractivity contribution in [2.45, 2.75) is 19.9 Å². The third-order valence-electron chi connectivity index (χ3n) is 1.71. The number of nitrogens with zero attached hydrogens (tertiary/aromatic N) is 1. The Morgan fingerprint density at radius 3 is 2.85 bits per heavy atom. The second kappa shape index (κ2) is 4.04. The highest BCUT2D eigenvalue weighted by molar-refractivity contribution is 5.93. The summed E-state index contributed by atoms with van der Waals surface area (Å²) in [7, 11) is 0. The van der Waals surface area contributed by atoms with Crippen molar-refractivity contribution in [1.29, 1.82) is 0 Å². The smallest absolute Gasteiger partial charge is 0.242 e. The van der Waals surface area contributed by atoms with E-state index in [-0.39, 0.29) is 11.8 Å². The summed E-state index contributed by atoms with van der Waals surface area (Å²) in [6.07, 6.45) is 1.39. The summed E-state index contributed by atoms with van der Waals surface area (Å²) >= 11 is 0. The maximum atomic E-state index is 11.3. The summed E-state index contributed by atoms with van der Waals surface area (Å²) in [6, 6.07) is 1.04. The van der Waals surface area contributed by atoms with Crippen LogP contribution in [-0.2, 0) is 4.79 Å². The van der Waals surface area contributed by atoms with Gasteiger partial charge in [-0.15, -0.1) is 0 Å². The van der Waals surface area contributed by atoms with Gasteiger partial charge in [-0.25, -0.2) is 0 Å². The Labute approximate surface area is 76.3 Å². The number of nitrogens with two attached hydrogens (primary N) is 1. The number of hydrogen-bond acceptors (Lipinski definition) is 4. The molecule has 13 heavy (non-hydrogen) atoms. The second-order valence-electron chi connectivity index (χ2n) is 3.14. The summed E-state index contributed by atoms with van der Waals surface area (Å²) in [5, 5.41) is 6.07. The molecule has 1 atom stereocenters. The van der Waals surface area contributed by atoms with Crippen LogP contribution in [0.15, 0.2) is 16.9 Å². The van der Waals surface area contributed by atoms with Gasteiger partial charge in [0.15, 0.2) is 5.82 Å². The quantitative estimate of drug-likeness (QED) is 0.718. The van der Waals surface area contributed by atoms with Crippen molar-refractivity contribution >= 4 is 11.7 Å². The van der Waals surface area contributed by atoms with E-state index in [0.717, 1.165) is 0 Å². The molecule has 5 nitrogen and oxygen atoms in total. The number of amides is 1. The number of nitrogens with one attached hydrogen (secondary N) is 1. The van der Waals surface area contributed by atoms with Crippen LogP contribution in [-0.4, -0.2) is 17.1 Å². The van der Waals surface area contributed by atoms with E-state index in [1.807, 2.05) is 13.8 Å². The molecule has 0 radical (unpaired) electrons. The summed E-state index contributed by atoms with van der Waals surface area (Å²) in [4.78, 5) is 11.3. The minimum absolute atomic E-state index is 0.104. The van der Waals surface area contributed by atoms with Crippen LogP contribution < -0.4 is 11.1 Å². The van der Waals surface area contributed by atoms with E-state index >= 15 is 0 Å². The van der Waals surface area contributed by atoms with Gasteiger partial charge in [0.05, 0.1) is 6.04 Å². The number of aromatic nitrogens is 1. The van der Waals surface area contributed by atoms with Crippen molar-refractivity contribution in [2.75, 3.05) is 5.32 Å². The lowest BCUT2D eigenvalue weighted by Gasteiger charge is -2.13. The molecule has 1 aromatic heterocycles. The highest BCUT2D eigenvalue weighted by Crippen LogP contribution is 2.04. The molecule has 0 aliphatic rings. The van der Waals surface area contributed by atoms with E-state index in [4.69, 9.17) is 5.73 Å². The molecule has 3 N–H and O–H groups in total. The first-order valence-electron chi connectivity index (χ1n) is 4.08. The molecule has 1 amide bonds. The molecule has 0 saturated carbocycles. The van der Waals surface area contributed by atoms with Gasteiger partial charge in [0.25, 0.3) is 0 Å². The molecule has 0 unspecified atom stereocenters. The molecule has 5 heteroatoms. The fourth-order valence-electron chi connectivity index (χ4n) is 0.789. The van der Waals surface area contributed by atoms with E-state index in [1.54, 1.807) is 6.07 Å². The van der Waals surface area contributed by atoms with Gasteiger partial charge in [0.1, 0.15) is 6.26 Å². The van der Waals surface area contributed by atoms with Crippen LogP contribution in [0.2, 0.25) is 0 Å². The summed E-state index contributed by atoms with van der Waals surface area (Å²) in [5.41, 5.74) is 5.61. The zero-order valence-corrected chi connectivity index (χ0v) is 7.65. The molecule has 0 spiro atoms. The standard InChI is InChI=1S/C8H13N3O2/c1-5(2)7(9)8(12)10-6-3-4-13-11-6/h3-5,7H,9H2,1-2H3,(H,10,11,12)/t7-/m0/s1. The zero-order chi connectivity index (χ0) is 9.84. The van der Waals surface area contributed by atoms with E-state index in [1.165, 1.54) is 6.26 Å². The van der Waals surface area contributed by atoms with Gasteiger partial charge in [-0.1, -0.05) is 19.0 Å². The summed E-state index contributed by atoms with van der Waals surface area (Å²) in [5.74, 6) is 0.247. The van der Waals surface area contributed by atoms with Crippen LogP contribution in [0, 0.1) is 5.92 Å². The third-order valence-corrected chi connectivity index (χ3v) is 1.71. The van der Waals surface area contributed by atoms with Crippen LogP contribution in [0.1, 0.15) is 13.8 Å². The van der Waals surface area contributed by atoms with Gasteiger partial charge in [0.2, 0.25) is 5.91 Å². The SMILES string of the molecule is CC(C)[C@H](N)C(=O)Nc1ccon1. The number of rotatable bonds is 3. The first-order chi connectivity index (χ1) is 6.11. The molecular formula is C8H13N3O2. The molecule has 0 saturated heterocycles. The Hall–Kier alpha value is -1.36. The maximum Gasteiger partial charge on any atom is 0.242 e. The van der Waals surface area contributed by atoms with Gasteiger partial charge in [-0.05, 0) is 5.92 Å². The Balaban J connectivity index is 2.51. The normalized spacial score (nSPS) is 12.9. The Bertz CT molecular complexity index is 269. The average molecular weight is 183 g/mol. The number of hydrogen-bond donors (Lipinski definition) is 2. The average Bonchev–Trinajstić information content (AvgIpc) is 2.55. The topological polar surface area (TPSA) is 81.2 Å². The first kappa shape index (κ1) is 9.73. The molecule has 0 aliphatic heterocycles. The number of carbonyl (C=O) groups is 1. The fraction of sp³-hybridized carbons (Fsp3) is 0.500. The Morgan fingerprint density at radius 2 is 2.38 bits per heavy atom. The highest BCUT2D eigenvalue weighted by Gasteiger charge is 2.17. The zero-order valence-electron chi connectivity index (χ0n) is 7.65. The van der Waals surface area contributed by atoms with Crippen molar-refractivity contribution < 1.29 is 9.32 Å². The van der Waals surface area contributed by atoms with Gasteiger partial charge in [-0.2, -0.15) is 0 Å². The van der Waals surface area contributed by atoms with Gasteiger partial charge >= 0.3 is 0 Å². The van der Waals surface area contributed by atoms with Gasteiger partial charge in [-0.3, -0.25) is 4.79 Å². The van der Waals surface area contributed by atoms with Gasteiger partial charge < -0.3 is 15.6 Å². The van der Waals surface area contributed by atoms with E-state index < -0.39 is 6.04 Å². The first-order valence-corrected chi connectivity index (χ1v) is 4.08. The lowest BCUT2D eigenvalue weighted by molar-refractivity contribution is -0.118. The maximum absolute atomic E-state index is 11.3. The highest BCUT2D eigenvalue weighted by atomic mass is 16.5. The lowest BCUT2D eigenvalue weighted by Crippen LogP contribution is -2.39. The molecule has 1 heterocycles. The molecular weight excluding hydrogens is 170 g/mol. The fourth-order valence-corrected chi connectivity index (χ4v) is 0.789. The van der Waals surface area contributed by atoms with Crippen molar-refractivity contribution in [1.82, 2.24) is 5.16 Å². The Kier molecular flexibility index (Phi) is 3.02. The third kappa shape index (κ3) is 2.55. The lowest BCUT2D eigenvalue weighted by atomic mass is 10.1. The molecule has 72 valence electrons. The predicted molar refractivity (Wildman–Crippen MR) is 47.9 cm³/mol. The number of carbonyl (C=O) groups excluding carboxylic acids is 1. The largest absolute Gasteiger partial charge is 0.363 e.